The molecular formula is C22H20ClN5O3. The normalized spacial score (nSPS) is 10.7. The van der Waals surface area contributed by atoms with E-state index in [0.717, 1.165) is 16.7 Å². The predicted octanol–water partition coefficient (Wildman–Crippen LogP) is 4.53. The van der Waals surface area contributed by atoms with Gasteiger partial charge in [-0.1, -0.05) is 11.6 Å². The first-order valence-electron chi connectivity index (χ1n) is 9.41. The Hall–Kier alpha value is -3.78. The van der Waals surface area contributed by atoms with Crippen molar-refractivity contribution in [1.29, 1.82) is 0 Å². The van der Waals surface area contributed by atoms with Gasteiger partial charge in [0.25, 0.3) is 5.91 Å². The first kappa shape index (κ1) is 20.5. The smallest absolute Gasteiger partial charge is 0.269 e. The van der Waals surface area contributed by atoms with Gasteiger partial charge in [0.2, 0.25) is 5.95 Å². The van der Waals surface area contributed by atoms with Gasteiger partial charge in [0.15, 0.2) is 11.5 Å². The molecule has 0 saturated carbocycles. The van der Waals surface area contributed by atoms with Crippen LogP contribution in [-0.4, -0.2) is 34.6 Å². The standard InChI is InChI=1S/C22H20ClN5O3/c1-24-21(29)17-10-15(8-9-25-17)31-20-11-16-18(12-19(20)30-3)28(2)22(27-16)26-14-6-4-13(23)5-7-14/h4-12H,1-3H3,(H,24,29)(H,26,27). The van der Waals surface area contributed by atoms with Gasteiger partial charge in [-0.25, -0.2) is 4.98 Å². The molecule has 0 aliphatic carbocycles. The third-order valence-electron chi connectivity index (χ3n) is 4.69. The molecule has 8 nitrogen and oxygen atoms in total. The quantitative estimate of drug-likeness (QED) is 0.460. The van der Waals surface area contributed by atoms with Crippen LogP contribution < -0.4 is 20.1 Å². The van der Waals surface area contributed by atoms with Crippen molar-refractivity contribution in [3.63, 3.8) is 0 Å². The number of methoxy groups -OCH3 is 1. The molecular weight excluding hydrogens is 418 g/mol. The Kier molecular flexibility index (Phi) is 5.64. The summed E-state index contributed by atoms with van der Waals surface area (Å²) in [6.45, 7) is 0. The largest absolute Gasteiger partial charge is 0.493 e. The number of hydrogen-bond acceptors (Lipinski definition) is 6. The molecule has 2 aromatic carbocycles. The maximum absolute atomic E-state index is 11.8. The molecule has 0 saturated heterocycles. The van der Waals surface area contributed by atoms with Crippen molar-refractivity contribution >= 4 is 40.2 Å². The number of imidazole rings is 1. The number of nitrogens with one attached hydrogen (secondary N) is 2. The number of aryl methyl sites for hydroxylation is 1. The van der Waals surface area contributed by atoms with Crippen molar-refractivity contribution in [2.75, 3.05) is 19.5 Å². The minimum absolute atomic E-state index is 0.257. The molecule has 1 amide bonds. The Morgan fingerprint density at radius 1 is 1.10 bits per heavy atom. The highest BCUT2D eigenvalue weighted by molar-refractivity contribution is 6.30. The summed E-state index contributed by atoms with van der Waals surface area (Å²) in [6, 6.07) is 14.3. The highest BCUT2D eigenvalue weighted by Gasteiger charge is 2.15. The van der Waals surface area contributed by atoms with Crippen LogP contribution in [0.4, 0.5) is 11.6 Å². The molecule has 158 valence electrons. The van der Waals surface area contributed by atoms with E-state index in [1.54, 1.807) is 32.4 Å². The van der Waals surface area contributed by atoms with Gasteiger partial charge in [-0.3, -0.25) is 9.78 Å². The van der Waals surface area contributed by atoms with E-state index < -0.39 is 0 Å². The zero-order chi connectivity index (χ0) is 22.0. The van der Waals surface area contributed by atoms with Gasteiger partial charge in [-0.15, -0.1) is 0 Å². The molecule has 0 spiro atoms. The van der Waals surface area contributed by atoms with E-state index in [2.05, 4.69) is 20.6 Å². The zero-order valence-electron chi connectivity index (χ0n) is 17.1. The molecule has 31 heavy (non-hydrogen) atoms. The third kappa shape index (κ3) is 4.24. The van der Waals surface area contributed by atoms with Gasteiger partial charge < -0.3 is 24.7 Å². The molecule has 0 unspecified atom stereocenters. The lowest BCUT2D eigenvalue weighted by Crippen LogP contribution is -2.18. The number of hydrogen-bond donors (Lipinski definition) is 2. The number of nitrogens with zero attached hydrogens (tertiary/aromatic N) is 3. The van der Waals surface area contributed by atoms with Gasteiger partial charge in [-0.2, -0.15) is 0 Å². The van der Waals surface area contributed by atoms with Gasteiger partial charge in [0.1, 0.15) is 11.4 Å². The number of aromatic nitrogens is 3. The monoisotopic (exact) mass is 437 g/mol. The van der Waals surface area contributed by atoms with E-state index in [1.807, 2.05) is 41.9 Å². The maximum Gasteiger partial charge on any atom is 0.269 e. The second kappa shape index (κ2) is 8.53. The summed E-state index contributed by atoms with van der Waals surface area (Å²) in [7, 11) is 5.02. The Labute approximate surface area is 183 Å². The summed E-state index contributed by atoms with van der Waals surface area (Å²) in [5.74, 6) is 1.83. The van der Waals surface area contributed by atoms with Gasteiger partial charge >= 0.3 is 0 Å². The Bertz CT molecular complexity index is 1250. The first-order valence-corrected chi connectivity index (χ1v) is 9.79. The predicted molar refractivity (Wildman–Crippen MR) is 120 cm³/mol. The summed E-state index contributed by atoms with van der Waals surface area (Å²) in [5, 5.41) is 6.49. The number of ether oxygens (including phenoxy) is 2. The van der Waals surface area contributed by atoms with Gasteiger partial charge in [0.05, 0.1) is 18.1 Å². The van der Waals surface area contributed by atoms with Crippen molar-refractivity contribution in [2.24, 2.45) is 7.05 Å². The van der Waals surface area contributed by atoms with Crippen LogP contribution in [0, 0.1) is 0 Å². The summed E-state index contributed by atoms with van der Waals surface area (Å²) in [6.07, 6.45) is 1.51. The number of amides is 1. The van der Waals surface area contributed by atoms with E-state index in [0.29, 0.717) is 28.2 Å². The average molecular weight is 438 g/mol. The Morgan fingerprint density at radius 2 is 1.87 bits per heavy atom. The number of carbonyl (C=O) groups is 1. The van der Waals surface area contributed by atoms with Crippen LogP contribution in [0.1, 0.15) is 10.5 Å². The van der Waals surface area contributed by atoms with Crippen molar-refractivity contribution in [1.82, 2.24) is 19.9 Å². The number of carbonyl (C=O) groups excluding carboxylic acids is 1. The molecule has 2 heterocycles. The topological polar surface area (TPSA) is 90.3 Å². The SMILES string of the molecule is CNC(=O)c1cc(Oc2cc3nc(Nc4ccc(Cl)cc4)n(C)c3cc2OC)ccn1. The van der Waals surface area contributed by atoms with E-state index in [-0.39, 0.29) is 11.6 Å². The summed E-state index contributed by atoms with van der Waals surface area (Å²) in [5.41, 5.74) is 2.70. The van der Waals surface area contributed by atoms with Crippen LogP contribution in [0.3, 0.4) is 0 Å². The number of halogens is 1. The molecule has 2 N–H and O–H groups in total. The number of pyridine rings is 1. The summed E-state index contributed by atoms with van der Waals surface area (Å²) < 4.78 is 13.4. The lowest BCUT2D eigenvalue weighted by molar-refractivity contribution is 0.0958. The minimum Gasteiger partial charge on any atom is -0.493 e. The number of rotatable bonds is 6. The van der Waals surface area contributed by atoms with E-state index in [9.17, 15) is 4.79 Å². The lowest BCUT2D eigenvalue weighted by Gasteiger charge is -2.11. The molecule has 0 atom stereocenters. The van der Waals surface area contributed by atoms with Crippen LogP contribution >= 0.6 is 11.6 Å². The average Bonchev–Trinajstić information content (AvgIpc) is 3.08. The van der Waals surface area contributed by atoms with Gasteiger partial charge in [-0.05, 0) is 30.3 Å². The maximum atomic E-state index is 11.8. The number of benzene rings is 2. The van der Waals surface area contributed by atoms with Crippen LogP contribution in [-0.2, 0) is 7.05 Å². The van der Waals surface area contributed by atoms with E-state index in [1.165, 1.54) is 6.20 Å². The molecule has 4 aromatic rings. The highest BCUT2D eigenvalue weighted by Crippen LogP contribution is 2.36. The molecule has 2 aromatic heterocycles. The zero-order valence-corrected chi connectivity index (χ0v) is 17.9. The summed E-state index contributed by atoms with van der Waals surface area (Å²) >= 11 is 5.96. The van der Waals surface area contributed by atoms with Crippen molar-refractivity contribution < 1.29 is 14.3 Å². The van der Waals surface area contributed by atoms with E-state index in [4.69, 9.17) is 21.1 Å². The number of fused-ring (bicyclic) bond motifs is 1. The summed E-state index contributed by atoms with van der Waals surface area (Å²) in [4.78, 5) is 20.6. The molecule has 0 fully saturated rings. The van der Waals surface area contributed by atoms with Crippen molar-refractivity contribution in [3.05, 3.63) is 65.4 Å². The lowest BCUT2D eigenvalue weighted by atomic mass is 10.2. The fourth-order valence-electron chi connectivity index (χ4n) is 3.07. The van der Waals surface area contributed by atoms with Crippen LogP contribution in [0.2, 0.25) is 5.02 Å². The minimum atomic E-state index is -0.296. The second-order valence-electron chi connectivity index (χ2n) is 6.68. The molecule has 9 heteroatoms. The van der Waals surface area contributed by atoms with Crippen LogP contribution in [0.25, 0.3) is 11.0 Å². The molecule has 4 rings (SSSR count). The highest BCUT2D eigenvalue weighted by atomic mass is 35.5. The molecule has 0 bridgehead atoms. The van der Waals surface area contributed by atoms with Crippen LogP contribution in [0.15, 0.2) is 54.7 Å². The second-order valence-corrected chi connectivity index (χ2v) is 7.11. The van der Waals surface area contributed by atoms with Crippen molar-refractivity contribution in [3.8, 4) is 17.2 Å². The van der Waals surface area contributed by atoms with Crippen molar-refractivity contribution in [2.45, 2.75) is 0 Å². The fourth-order valence-corrected chi connectivity index (χ4v) is 3.19. The third-order valence-corrected chi connectivity index (χ3v) is 4.94. The first-order chi connectivity index (χ1) is 15.0. The fraction of sp³-hybridized carbons (Fsp3) is 0.136. The van der Waals surface area contributed by atoms with Gasteiger partial charge in [0, 0.05) is 49.2 Å². The molecule has 0 radical (unpaired) electrons. The molecule has 0 aliphatic rings. The van der Waals surface area contributed by atoms with Crippen LogP contribution in [0.5, 0.6) is 17.2 Å². The van der Waals surface area contributed by atoms with E-state index >= 15 is 0 Å². The number of anilines is 2. The Morgan fingerprint density at radius 3 is 2.58 bits per heavy atom. The Balaban J connectivity index is 1.68. The molecule has 0 aliphatic heterocycles.